The molecule has 6 nitrogen and oxygen atoms in total. The van der Waals surface area contributed by atoms with Gasteiger partial charge in [0.1, 0.15) is 0 Å². The van der Waals surface area contributed by atoms with Gasteiger partial charge >= 0.3 is 0 Å². The van der Waals surface area contributed by atoms with Crippen LogP contribution in [0.25, 0.3) is 0 Å². The van der Waals surface area contributed by atoms with Gasteiger partial charge in [0.15, 0.2) is 0 Å². The number of phosphoric ester groups is 1. The molecule has 0 aromatic heterocycles. The molecular formula is C19H47N2O4P. The van der Waals surface area contributed by atoms with Crippen LogP contribution in [0.5, 0.6) is 0 Å². The number of phosphoric acid groups is 1. The van der Waals surface area contributed by atoms with E-state index in [0.717, 1.165) is 0 Å². The van der Waals surface area contributed by atoms with E-state index in [1.54, 1.807) is 13.8 Å². The molecule has 0 aliphatic carbocycles. The van der Waals surface area contributed by atoms with Crippen molar-refractivity contribution in [3.8, 4) is 0 Å². The predicted molar refractivity (Wildman–Crippen MR) is 109 cm³/mol. The molecule has 0 heterocycles. The third kappa shape index (κ3) is 17.4. The van der Waals surface area contributed by atoms with Crippen molar-refractivity contribution in [1.82, 2.24) is 0 Å². The number of quaternary nitrogens is 2. The van der Waals surface area contributed by atoms with Gasteiger partial charge in [0.05, 0.1) is 67.3 Å². The molecular weight excluding hydrogens is 351 g/mol. The van der Waals surface area contributed by atoms with Crippen LogP contribution in [0.1, 0.15) is 68.2 Å². The second-order valence-corrected chi connectivity index (χ2v) is 8.23. The van der Waals surface area contributed by atoms with E-state index in [1.165, 1.54) is 48.2 Å². The molecule has 0 saturated heterocycles. The Morgan fingerprint density at radius 2 is 0.923 bits per heavy atom. The highest BCUT2D eigenvalue weighted by atomic mass is 31.2. The average molecular weight is 399 g/mol. The molecule has 7 heteroatoms. The average Bonchev–Trinajstić information content (AvgIpc) is 2.65. The fraction of sp³-hybridized carbons (Fsp3) is 1.00. The molecule has 0 aliphatic rings. The van der Waals surface area contributed by atoms with Crippen molar-refractivity contribution in [2.24, 2.45) is 0 Å². The summed E-state index contributed by atoms with van der Waals surface area (Å²) in [4.78, 5) is 20.0. The highest BCUT2D eigenvalue weighted by molar-refractivity contribution is 7.43. The topological polar surface area (TPSA) is 72.4 Å². The van der Waals surface area contributed by atoms with Gasteiger partial charge in [0, 0.05) is 0 Å². The molecule has 0 bridgehead atoms. The van der Waals surface area contributed by atoms with Crippen LogP contribution in [0.4, 0.5) is 0 Å². The number of hydrogen-bond donors (Lipinski definition) is 0. The monoisotopic (exact) mass is 398 g/mol. The Morgan fingerprint density at radius 3 is 0.962 bits per heavy atom. The van der Waals surface area contributed by atoms with E-state index in [4.69, 9.17) is 0 Å². The summed E-state index contributed by atoms with van der Waals surface area (Å²) < 4.78 is 16.6. The van der Waals surface area contributed by atoms with Gasteiger partial charge in [-0.25, -0.2) is 0 Å². The summed E-state index contributed by atoms with van der Waals surface area (Å²) in [5.74, 6) is 0. The van der Waals surface area contributed by atoms with Crippen molar-refractivity contribution < 1.29 is 27.8 Å². The number of rotatable bonds is 10. The Morgan fingerprint density at radius 1 is 0.692 bits per heavy atom. The standard InChI is InChI=1S/2C7H18N.C5H13O4P/c2*1-5-8(4,6-2)7-3;1-3-5(4-2)9-10(6,7)8/h2*5-7H2,1-4H3;5H,3-4H2,1-2H3,(H2,6,7,8)/q2*+1;/p-2. The lowest BCUT2D eigenvalue weighted by atomic mass is 10.2. The molecule has 0 fully saturated rings. The molecule has 0 saturated carbocycles. The first kappa shape index (κ1) is 30.7. The first-order chi connectivity index (χ1) is 11.9. The van der Waals surface area contributed by atoms with Gasteiger partial charge in [-0.15, -0.1) is 0 Å². The molecule has 0 aliphatic heterocycles. The molecule has 0 unspecified atom stereocenters. The van der Waals surface area contributed by atoms with Crippen LogP contribution in [0, 0.1) is 0 Å². The predicted octanol–water partition coefficient (Wildman–Crippen LogP) is 3.01. The summed E-state index contributed by atoms with van der Waals surface area (Å²) in [5, 5.41) is 0. The highest BCUT2D eigenvalue weighted by Gasteiger charge is 2.11. The Labute approximate surface area is 164 Å². The van der Waals surface area contributed by atoms with Gasteiger partial charge in [0.2, 0.25) is 0 Å². The Hall–Kier alpha value is 0.0300. The first-order valence-corrected chi connectivity index (χ1v) is 11.7. The van der Waals surface area contributed by atoms with Crippen molar-refractivity contribution in [1.29, 1.82) is 0 Å². The Kier molecular flexibility index (Phi) is 19.0. The molecule has 0 radical (unpaired) electrons. The molecule has 26 heavy (non-hydrogen) atoms. The van der Waals surface area contributed by atoms with Gasteiger partial charge in [-0.1, -0.05) is 13.8 Å². The maximum absolute atomic E-state index is 10.0. The Balaban J connectivity index is -0.000000308. The smallest absolute Gasteiger partial charge is 0.0755 e. The molecule has 0 spiro atoms. The number of nitrogens with zero attached hydrogens (tertiary/aromatic N) is 2. The first-order valence-electron chi connectivity index (χ1n) is 10.2. The molecule has 0 rings (SSSR count). The van der Waals surface area contributed by atoms with Crippen LogP contribution in [0.15, 0.2) is 0 Å². The van der Waals surface area contributed by atoms with Crippen molar-refractivity contribution in [2.75, 3.05) is 53.4 Å². The van der Waals surface area contributed by atoms with Crippen LogP contribution < -0.4 is 9.79 Å². The van der Waals surface area contributed by atoms with E-state index in [9.17, 15) is 14.4 Å². The van der Waals surface area contributed by atoms with Crippen molar-refractivity contribution in [3.63, 3.8) is 0 Å². The summed E-state index contributed by atoms with van der Waals surface area (Å²) in [5.41, 5.74) is 0. The normalized spacial score (nSPS) is 12.2. The molecule has 0 N–H and O–H groups in total. The lowest BCUT2D eigenvalue weighted by molar-refractivity contribution is -0.904. The molecule has 0 aromatic carbocycles. The molecule has 162 valence electrons. The zero-order chi connectivity index (χ0) is 21.4. The second kappa shape index (κ2) is 16.0. The third-order valence-electron chi connectivity index (χ3n) is 5.77. The SMILES string of the molecule is CCC(CC)OP(=O)([O-])[O-].CC[N+](C)(CC)CC.CC[N+](C)(CC)CC. The third-order valence-corrected chi connectivity index (χ3v) is 6.33. The van der Waals surface area contributed by atoms with Crippen LogP contribution in [-0.2, 0) is 9.09 Å². The maximum atomic E-state index is 10.0. The van der Waals surface area contributed by atoms with E-state index in [1.807, 2.05) is 0 Å². The highest BCUT2D eigenvalue weighted by Crippen LogP contribution is 2.29. The minimum Gasteiger partial charge on any atom is -0.790 e. The zero-order valence-electron chi connectivity index (χ0n) is 19.2. The molecule has 0 amide bonds. The van der Waals surface area contributed by atoms with Crippen LogP contribution in [0.3, 0.4) is 0 Å². The lowest BCUT2D eigenvalue weighted by Gasteiger charge is -2.32. The van der Waals surface area contributed by atoms with E-state index in [0.29, 0.717) is 12.8 Å². The summed E-state index contributed by atoms with van der Waals surface area (Å²) in [6.45, 7) is 24.5. The largest absolute Gasteiger partial charge is 0.790 e. The lowest BCUT2D eigenvalue weighted by Crippen LogP contribution is -2.42. The van der Waals surface area contributed by atoms with Gasteiger partial charge in [-0.05, 0) is 54.4 Å². The van der Waals surface area contributed by atoms with Gasteiger partial charge < -0.3 is 27.8 Å². The maximum Gasteiger partial charge on any atom is 0.0755 e. The summed E-state index contributed by atoms with van der Waals surface area (Å²) in [6.07, 6.45) is 0.650. The van der Waals surface area contributed by atoms with Gasteiger partial charge in [-0.3, -0.25) is 0 Å². The van der Waals surface area contributed by atoms with Crippen molar-refractivity contribution >= 4 is 7.82 Å². The molecule has 0 aromatic rings. The van der Waals surface area contributed by atoms with Crippen LogP contribution >= 0.6 is 7.82 Å². The van der Waals surface area contributed by atoms with E-state index in [-0.39, 0.29) is 0 Å². The number of hydrogen-bond acceptors (Lipinski definition) is 4. The second-order valence-electron chi connectivity index (χ2n) is 7.13. The van der Waals surface area contributed by atoms with Crippen molar-refractivity contribution in [2.45, 2.75) is 74.3 Å². The van der Waals surface area contributed by atoms with E-state index >= 15 is 0 Å². The zero-order valence-corrected chi connectivity index (χ0v) is 20.1. The van der Waals surface area contributed by atoms with Gasteiger partial charge in [0.25, 0.3) is 0 Å². The van der Waals surface area contributed by atoms with E-state index < -0.39 is 13.9 Å². The quantitative estimate of drug-likeness (QED) is 0.419. The van der Waals surface area contributed by atoms with E-state index in [2.05, 4.69) is 60.2 Å². The van der Waals surface area contributed by atoms with Gasteiger partial charge in [-0.2, -0.15) is 0 Å². The fourth-order valence-corrected chi connectivity index (χ4v) is 2.63. The fourth-order valence-electron chi connectivity index (χ4n) is 1.96. The van der Waals surface area contributed by atoms with Crippen molar-refractivity contribution in [3.05, 3.63) is 0 Å². The van der Waals surface area contributed by atoms with Crippen LogP contribution in [-0.4, -0.2) is 68.4 Å². The molecule has 0 atom stereocenters. The summed E-state index contributed by atoms with van der Waals surface area (Å²) in [7, 11) is -0.172. The summed E-state index contributed by atoms with van der Waals surface area (Å²) in [6, 6.07) is 0. The summed E-state index contributed by atoms with van der Waals surface area (Å²) >= 11 is 0. The van der Waals surface area contributed by atoms with Crippen LogP contribution in [0.2, 0.25) is 0 Å². The minimum absolute atomic E-state index is 0.444. The Bertz CT molecular complexity index is 315. The minimum atomic E-state index is -4.75.